The van der Waals surface area contributed by atoms with Gasteiger partial charge in [0.1, 0.15) is 5.75 Å². The van der Waals surface area contributed by atoms with Crippen LogP contribution in [0, 0.1) is 6.92 Å². The first-order chi connectivity index (χ1) is 16.9. The van der Waals surface area contributed by atoms with Crippen molar-refractivity contribution < 1.29 is 19.0 Å². The van der Waals surface area contributed by atoms with Crippen LogP contribution < -0.4 is 14.2 Å². The van der Waals surface area contributed by atoms with E-state index in [9.17, 15) is 4.79 Å². The van der Waals surface area contributed by atoms with E-state index in [4.69, 9.17) is 19.2 Å². The maximum absolute atomic E-state index is 13.7. The fourth-order valence-electron chi connectivity index (χ4n) is 4.09. The van der Waals surface area contributed by atoms with E-state index in [1.54, 1.807) is 26.2 Å². The molecule has 0 bridgehead atoms. The molecule has 0 saturated carbocycles. The molecule has 0 spiro atoms. The van der Waals surface area contributed by atoms with Crippen LogP contribution in [0.2, 0.25) is 0 Å². The summed E-state index contributed by atoms with van der Waals surface area (Å²) < 4.78 is 16.1. The molecule has 0 radical (unpaired) electrons. The lowest BCUT2D eigenvalue weighted by Crippen LogP contribution is -2.29. The molecule has 6 heteroatoms. The summed E-state index contributed by atoms with van der Waals surface area (Å²) in [7, 11) is 6.70. The standard InChI is InChI=1S/C29H30N2O4/c1-19-9-11-25-23(15-19)24(18-26(30-25)21-7-6-8-22(17-21)33-3)29(32)31(2)14-13-20-10-12-27(34-4)28(16-20)35-5/h6-12,15-18H,13-14H2,1-5H3. The third-order valence-electron chi connectivity index (χ3n) is 6.09. The Morgan fingerprint density at radius 2 is 1.69 bits per heavy atom. The number of rotatable bonds is 8. The number of aromatic nitrogens is 1. The Labute approximate surface area is 206 Å². The molecular formula is C29H30N2O4. The molecule has 0 aliphatic carbocycles. The number of methoxy groups -OCH3 is 3. The molecule has 0 N–H and O–H groups in total. The number of likely N-dealkylation sites (N-methyl/N-ethyl adjacent to an activating group) is 1. The van der Waals surface area contributed by atoms with Gasteiger partial charge in [0.2, 0.25) is 0 Å². The topological polar surface area (TPSA) is 60.9 Å². The average Bonchev–Trinajstić information content (AvgIpc) is 2.90. The van der Waals surface area contributed by atoms with Crippen LogP contribution in [0.3, 0.4) is 0 Å². The summed E-state index contributed by atoms with van der Waals surface area (Å²) in [6.45, 7) is 2.57. The summed E-state index contributed by atoms with van der Waals surface area (Å²) in [6, 6.07) is 21.4. The molecule has 3 aromatic carbocycles. The van der Waals surface area contributed by atoms with Crippen LogP contribution in [0.5, 0.6) is 17.2 Å². The minimum atomic E-state index is -0.0485. The molecule has 0 aliphatic heterocycles. The monoisotopic (exact) mass is 470 g/mol. The fraction of sp³-hybridized carbons (Fsp3) is 0.241. The van der Waals surface area contributed by atoms with E-state index in [2.05, 4.69) is 0 Å². The second kappa shape index (κ2) is 10.5. The van der Waals surface area contributed by atoms with Crippen molar-refractivity contribution in [2.45, 2.75) is 13.3 Å². The van der Waals surface area contributed by atoms with Gasteiger partial charge in [-0.1, -0.05) is 29.8 Å². The lowest BCUT2D eigenvalue weighted by atomic mass is 10.0. The van der Waals surface area contributed by atoms with Crippen molar-refractivity contribution in [3.05, 3.63) is 83.4 Å². The van der Waals surface area contributed by atoms with Gasteiger partial charge in [-0.05, 0) is 61.4 Å². The zero-order chi connectivity index (χ0) is 24.9. The number of amides is 1. The lowest BCUT2D eigenvalue weighted by molar-refractivity contribution is 0.0798. The molecule has 0 fully saturated rings. The molecule has 0 unspecified atom stereocenters. The SMILES string of the molecule is COc1cccc(-c2cc(C(=O)N(C)CCc3ccc(OC)c(OC)c3)c3cc(C)ccc3n2)c1. The van der Waals surface area contributed by atoms with Gasteiger partial charge in [-0.15, -0.1) is 0 Å². The number of aryl methyl sites for hydroxylation is 1. The summed E-state index contributed by atoms with van der Waals surface area (Å²) in [5, 5.41) is 0.847. The number of ether oxygens (including phenoxy) is 3. The van der Waals surface area contributed by atoms with Gasteiger partial charge in [0.25, 0.3) is 5.91 Å². The molecule has 180 valence electrons. The molecule has 1 heterocycles. The zero-order valence-corrected chi connectivity index (χ0v) is 20.8. The number of carbonyl (C=O) groups excluding carboxylic acids is 1. The van der Waals surface area contributed by atoms with Crippen LogP contribution in [0.4, 0.5) is 0 Å². The van der Waals surface area contributed by atoms with Crippen molar-refractivity contribution in [2.24, 2.45) is 0 Å². The largest absolute Gasteiger partial charge is 0.497 e. The first kappa shape index (κ1) is 24.1. The molecule has 4 rings (SSSR count). The molecule has 0 atom stereocenters. The van der Waals surface area contributed by atoms with E-state index in [-0.39, 0.29) is 5.91 Å². The minimum Gasteiger partial charge on any atom is -0.497 e. The number of hydrogen-bond donors (Lipinski definition) is 0. The summed E-state index contributed by atoms with van der Waals surface area (Å²) in [5.41, 5.74) is 5.19. The Kier molecular flexibility index (Phi) is 7.20. The molecule has 1 aromatic heterocycles. The van der Waals surface area contributed by atoms with Gasteiger partial charge in [0, 0.05) is 24.5 Å². The maximum atomic E-state index is 13.7. The van der Waals surface area contributed by atoms with E-state index in [1.807, 2.05) is 80.7 Å². The third-order valence-corrected chi connectivity index (χ3v) is 6.09. The van der Waals surface area contributed by atoms with Gasteiger partial charge in [-0.3, -0.25) is 4.79 Å². The molecule has 4 aromatic rings. The summed E-state index contributed by atoms with van der Waals surface area (Å²) in [6.07, 6.45) is 0.688. The minimum absolute atomic E-state index is 0.0485. The number of nitrogens with zero attached hydrogens (tertiary/aromatic N) is 2. The number of fused-ring (bicyclic) bond motifs is 1. The summed E-state index contributed by atoms with van der Waals surface area (Å²) in [4.78, 5) is 20.2. The highest BCUT2D eigenvalue weighted by atomic mass is 16.5. The van der Waals surface area contributed by atoms with Gasteiger partial charge < -0.3 is 19.1 Å². The second-order valence-electron chi connectivity index (χ2n) is 8.47. The van der Waals surface area contributed by atoms with E-state index < -0.39 is 0 Å². The second-order valence-corrected chi connectivity index (χ2v) is 8.47. The van der Waals surface area contributed by atoms with Gasteiger partial charge in [-0.25, -0.2) is 4.98 Å². The predicted octanol–water partition coefficient (Wildman–Crippen LogP) is 5.55. The molecule has 6 nitrogen and oxygen atoms in total. The summed E-state index contributed by atoms with van der Waals surface area (Å²) in [5.74, 6) is 2.06. The van der Waals surface area contributed by atoms with Crippen LogP contribution >= 0.6 is 0 Å². The predicted molar refractivity (Wildman–Crippen MR) is 139 cm³/mol. The Bertz CT molecular complexity index is 1370. The van der Waals surface area contributed by atoms with Gasteiger partial charge in [0.15, 0.2) is 11.5 Å². The third kappa shape index (κ3) is 5.22. The first-order valence-electron chi connectivity index (χ1n) is 11.5. The number of hydrogen-bond acceptors (Lipinski definition) is 5. The van der Waals surface area contributed by atoms with Gasteiger partial charge in [0.05, 0.1) is 38.1 Å². The van der Waals surface area contributed by atoms with E-state index >= 15 is 0 Å². The van der Waals surface area contributed by atoms with Crippen LogP contribution in [0.15, 0.2) is 66.7 Å². The van der Waals surface area contributed by atoms with Crippen LogP contribution in [0.25, 0.3) is 22.2 Å². The van der Waals surface area contributed by atoms with Crippen LogP contribution in [0.1, 0.15) is 21.5 Å². The Balaban J connectivity index is 1.65. The van der Waals surface area contributed by atoms with Crippen molar-refractivity contribution in [2.75, 3.05) is 34.9 Å². The maximum Gasteiger partial charge on any atom is 0.254 e. The van der Waals surface area contributed by atoms with Crippen molar-refractivity contribution in [3.63, 3.8) is 0 Å². The Hall–Kier alpha value is -4.06. The lowest BCUT2D eigenvalue weighted by Gasteiger charge is -2.19. The average molecular weight is 471 g/mol. The number of carbonyl (C=O) groups is 1. The quantitative estimate of drug-likeness (QED) is 0.338. The van der Waals surface area contributed by atoms with Crippen molar-refractivity contribution in [1.29, 1.82) is 0 Å². The molecule has 0 aliphatic rings. The first-order valence-corrected chi connectivity index (χ1v) is 11.5. The Morgan fingerprint density at radius 1 is 0.886 bits per heavy atom. The van der Waals surface area contributed by atoms with Crippen LogP contribution in [-0.4, -0.2) is 50.7 Å². The smallest absolute Gasteiger partial charge is 0.254 e. The summed E-state index contributed by atoms with van der Waals surface area (Å²) >= 11 is 0. The van der Waals surface area contributed by atoms with Crippen molar-refractivity contribution >= 4 is 16.8 Å². The van der Waals surface area contributed by atoms with E-state index in [0.717, 1.165) is 39.0 Å². The Morgan fingerprint density at radius 3 is 2.43 bits per heavy atom. The zero-order valence-electron chi connectivity index (χ0n) is 20.8. The van der Waals surface area contributed by atoms with Gasteiger partial charge >= 0.3 is 0 Å². The van der Waals surface area contributed by atoms with Crippen molar-refractivity contribution in [1.82, 2.24) is 9.88 Å². The van der Waals surface area contributed by atoms with E-state index in [1.165, 1.54) is 0 Å². The highest BCUT2D eigenvalue weighted by Crippen LogP contribution is 2.30. The van der Waals surface area contributed by atoms with Crippen LogP contribution in [-0.2, 0) is 6.42 Å². The fourth-order valence-corrected chi connectivity index (χ4v) is 4.09. The van der Waals surface area contributed by atoms with Crippen molar-refractivity contribution in [3.8, 4) is 28.5 Å². The number of pyridine rings is 1. The van der Waals surface area contributed by atoms with E-state index in [0.29, 0.717) is 30.0 Å². The normalized spacial score (nSPS) is 10.8. The highest BCUT2D eigenvalue weighted by Gasteiger charge is 2.18. The highest BCUT2D eigenvalue weighted by molar-refractivity contribution is 6.07. The van der Waals surface area contributed by atoms with Gasteiger partial charge in [-0.2, -0.15) is 0 Å². The number of benzene rings is 3. The molecule has 1 amide bonds. The molecular weight excluding hydrogens is 440 g/mol. The molecule has 0 saturated heterocycles. The molecule has 35 heavy (non-hydrogen) atoms.